The van der Waals surface area contributed by atoms with Crippen molar-refractivity contribution in [1.29, 1.82) is 0 Å². The summed E-state index contributed by atoms with van der Waals surface area (Å²) in [4.78, 5) is 24.6. The summed E-state index contributed by atoms with van der Waals surface area (Å²) >= 11 is 0. The minimum atomic E-state index is -0.208. The number of carbonyl (C=O) groups excluding carboxylic acids is 1. The van der Waals surface area contributed by atoms with Gasteiger partial charge in [0.25, 0.3) is 5.91 Å². The standard InChI is InChI=1S/C22H41N5O2.HI/c1-4-23-22(24-17-19(16-18(2)3)25-9-5-6-10-25)27-13-11-26(12-14-27)21(28)20-8-7-15-29-20;/h18-20H,4-17H2,1-3H3,(H,23,24);1H. The molecule has 3 aliphatic heterocycles. The normalized spacial score (nSPS) is 24.3. The lowest BCUT2D eigenvalue weighted by Gasteiger charge is -2.37. The molecule has 0 aromatic heterocycles. The molecule has 1 amide bonds. The lowest BCUT2D eigenvalue weighted by atomic mass is 10.0. The first kappa shape index (κ1) is 25.6. The topological polar surface area (TPSA) is 60.4 Å². The maximum absolute atomic E-state index is 12.6. The number of piperazine rings is 1. The molecule has 3 fully saturated rings. The third-order valence-electron chi connectivity index (χ3n) is 6.28. The summed E-state index contributed by atoms with van der Waals surface area (Å²) in [7, 11) is 0. The van der Waals surface area contributed by atoms with Crippen molar-refractivity contribution in [3.63, 3.8) is 0 Å². The zero-order valence-electron chi connectivity index (χ0n) is 19.1. The highest BCUT2D eigenvalue weighted by Crippen LogP contribution is 2.19. The summed E-state index contributed by atoms with van der Waals surface area (Å²) in [6.07, 6.45) is 5.50. The van der Waals surface area contributed by atoms with Crippen molar-refractivity contribution < 1.29 is 9.53 Å². The van der Waals surface area contributed by atoms with Crippen LogP contribution in [-0.2, 0) is 9.53 Å². The summed E-state index contributed by atoms with van der Waals surface area (Å²) in [6.45, 7) is 14.8. The van der Waals surface area contributed by atoms with Crippen LogP contribution in [0.5, 0.6) is 0 Å². The van der Waals surface area contributed by atoms with E-state index in [1.165, 1.54) is 32.4 Å². The maximum Gasteiger partial charge on any atom is 0.251 e. The maximum atomic E-state index is 12.6. The number of hydrogen-bond acceptors (Lipinski definition) is 4. The van der Waals surface area contributed by atoms with Crippen LogP contribution < -0.4 is 5.32 Å². The van der Waals surface area contributed by atoms with Crippen molar-refractivity contribution in [2.75, 3.05) is 59.0 Å². The van der Waals surface area contributed by atoms with Crippen molar-refractivity contribution in [2.45, 2.75) is 65.0 Å². The van der Waals surface area contributed by atoms with Crippen molar-refractivity contribution in [3.05, 3.63) is 0 Å². The Kier molecular flexibility index (Phi) is 11.2. The predicted octanol–water partition coefficient (Wildman–Crippen LogP) is 2.40. The Morgan fingerprint density at radius 1 is 1.07 bits per heavy atom. The molecule has 2 unspecified atom stereocenters. The van der Waals surface area contributed by atoms with Crippen molar-refractivity contribution in [3.8, 4) is 0 Å². The second-order valence-electron chi connectivity index (χ2n) is 9.04. The zero-order valence-corrected chi connectivity index (χ0v) is 21.5. The second-order valence-corrected chi connectivity index (χ2v) is 9.04. The van der Waals surface area contributed by atoms with Gasteiger partial charge in [0.2, 0.25) is 0 Å². The fourth-order valence-electron chi connectivity index (χ4n) is 4.72. The Hall–Kier alpha value is -0.610. The summed E-state index contributed by atoms with van der Waals surface area (Å²) in [6, 6.07) is 0.536. The van der Waals surface area contributed by atoms with Gasteiger partial charge in [0, 0.05) is 45.4 Å². The molecule has 0 radical (unpaired) electrons. The lowest BCUT2D eigenvalue weighted by molar-refractivity contribution is -0.142. The number of rotatable bonds is 7. The Labute approximate surface area is 200 Å². The molecular weight excluding hydrogens is 493 g/mol. The first-order valence-electron chi connectivity index (χ1n) is 11.8. The van der Waals surface area contributed by atoms with E-state index in [9.17, 15) is 4.79 Å². The van der Waals surface area contributed by atoms with Crippen LogP contribution in [-0.4, -0.2) is 97.7 Å². The van der Waals surface area contributed by atoms with Crippen LogP contribution in [0.3, 0.4) is 0 Å². The third kappa shape index (κ3) is 7.22. The Morgan fingerprint density at radius 2 is 1.73 bits per heavy atom. The molecule has 0 spiro atoms. The van der Waals surface area contributed by atoms with E-state index in [4.69, 9.17) is 9.73 Å². The number of hydrogen-bond donors (Lipinski definition) is 1. The van der Waals surface area contributed by atoms with Gasteiger partial charge in [-0.15, -0.1) is 24.0 Å². The summed E-state index contributed by atoms with van der Waals surface area (Å²) < 4.78 is 5.58. The van der Waals surface area contributed by atoms with Crippen LogP contribution in [0.4, 0.5) is 0 Å². The van der Waals surface area contributed by atoms with Crippen molar-refractivity contribution in [2.24, 2.45) is 10.9 Å². The number of nitrogens with zero attached hydrogens (tertiary/aromatic N) is 4. The first-order chi connectivity index (χ1) is 14.1. The quantitative estimate of drug-likeness (QED) is 0.308. The molecule has 1 N–H and O–H groups in total. The highest BCUT2D eigenvalue weighted by molar-refractivity contribution is 14.0. The minimum Gasteiger partial charge on any atom is -0.368 e. The zero-order chi connectivity index (χ0) is 20.6. The minimum absolute atomic E-state index is 0. The van der Waals surface area contributed by atoms with Gasteiger partial charge in [-0.3, -0.25) is 14.7 Å². The number of amides is 1. The van der Waals surface area contributed by atoms with E-state index in [2.05, 4.69) is 35.9 Å². The molecule has 8 heteroatoms. The van der Waals surface area contributed by atoms with E-state index in [1.807, 2.05) is 4.90 Å². The van der Waals surface area contributed by atoms with Gasteiger partial charge >= 0.3 is 0 Å². The number of carbonyl (C=O) groups is 1. The molecule has 3 rings (SSSR count). The van der Waals surface area contributed by atoms with Crippen molar-refractivity contribution >= 4 is 35.8 Å². The van der Waals surface area contributed by atoms with Crippen molar-refractivity contribution in [1.82, 2.24) is 20.0 Å². The van der Waals surface area contributed by atoms with Crippen LogP contribution in [0, 0.1) is 5.92 Å². The van der Waals surface area contributed by atoms with Gasteiger partial charge < -0.3 is 19.9 Å². The molecule has 3 saturated heterocycles. The van der Waals surface area contributed by atoms with Gasteiger partial charge in [0.1, 0.15) is 6.10 Å². The molecule has 174 valence electrons. The van der Waals surface area contributed by atoms with Crippen LogP contribution in [0.1, 0.15) is 52.9 Å². The highest BCUT2D eigenvalue weighted by atomic mass is 127. The van der Waals surface area contributed by atoms with Gasteiger partial charge in [-0.1, -0.05) is 13.8 Å². The molecule has 0 bridgehead atoms. The van der Waals surface area contributed by atoms with Crippen LogP contribution in [0.2, 0.25) is 0 Å². The highest BCUT2D eigenvalue weighted by Gasteiger charge is 2.31. The molecule has 30 heavy (non-hydrogen) atoms. The Balaban J connectivity index is 0.00000320. The van der Waals surface area contributed by atoms with E-state index in [1.54, 1.807) is 0 Å². The molecule has 0 saturated carbocycles. The molecule has 0 aromatic rings. The number of guanidine groups is 1. The van der Waals surface area contributed by atoms with Gasteiger partial charge in [-0.2, -0.15) is 0 Å². The molecule has 3 aliphatic rings. The van der Waals surface area contributed by atoms with Gasteiger partial charge in [-0.25, -0.2) is 0 Å². The van der Waals surface area contributed by atoms with Crippen LogP contribution in [0.25, 0.3) is 0 Å². The average Bonchev–Trinajstić information content (AvgIpc) is 3.43. The van der Waals surface area contributed by atoms with E-state index < -0.39 is 0 Å². The van der Waals surface area contributed by atoms with E-state index in [-0.39, 0.29) is 36.0 Å². The fraction of sp³-hybridized carbons (Fsp3) is 0.909. The Bertz CT molecular complexity index is 540. The predicted molar refractivity (Wildman–Crippen MR) is 133 cm³/mol. The van der Waals surface area contributed by atoms with E-state index in [0.717, 1.165) is 64.7 Å². The summed E-state index contributed by atoms with van der Waals surface area (Å²) in [5.74, 6) is 1.87. The van der Waals surface area contributed by atoms with Crippen LogP contribution >= 0.6 is 24.0 Å². The van der Waals surface area contributed by atoms with E-state index >= 15 is 0 Å². The molecular formula is C22H42IN5O2. The Morgan fingerprint density at radius 3 is 2.30 bits per heavy atom. The lowest BCUT2D eigenvalue weighted by Crippen LogP contribution is -2.55. The SMILES string of the molecule is CCNC(=NCC(CC(C)C)N1CCCC1)N1CCN(C(=O)C2CCCO2)CC1.I. The summed E-state index contributed by atoms with van der Waals surface area (Å²) in [5.41, 5.74) is 0. The molecule has 7 nitrogen and oxygen atoms in total. The number of ether oxygens (including phenoxy) is 1. The van der Waals surface area contributed by atoms with E-state index in [0.29, 0.717) is 12.0 Å². The number of likely N-dealkylation sites (tertiary alicyclic amines) is 1. The molecule has 0 aromatic carbocycles. The number of nitrogens with one attached hydrogen (secondary N) is 1. The molecule has 2 atom stereocenters. The first-order valence-corrected chi connectivity index (χ1v) is 11.8. The monoisotopic (exact) mass is 535 g/mol. The number of halogens is 1. The molecule has 3 heterocycles. The second kappa shape index (κ2) is 13.1. The number of aliphatic imine (C=N–C) groups is 1. The van der Waals surface area contributed by atoms with Crippen LogP contribution in [0.15, 0.2) is 4.99 Å². The fourth-order valence-corrected chi connectivity index (χ4v) is 4.72. The third-order valence-corrected chi connectivity index (χ3v) is 6.28. The van der Waals surface area contributed by atoms with Gasteiger partial charge in [-0.05, 0) is 58.0 Å². The smallest absolute Gasteiger partial charge is 0.251 e. The molecule has 0 aliphatic carbocycles. The largest absolute Gasteiger partial charge is 0.368 e. The van der Waals surface area contributed by atoms with Gasteiger partial charge in [0.15, 0.2) is 5.96 Å². The summed E-state index contributed by atoms with van der Waals surface area (Å²) in [5, 5.41) is 3.48. The average molecular weight is 536 g/mol. The van der Waals surface area contributed by atoms with Gasteiger partial charge in [0.05, 0.1) is 6.54 Å².